The minimum atomic E-state index is -0.543. The average Bonchev–Trinajstić information content (AvgIpc) is 2.66. The second-order valence-electron chi connectivity index (χ2n) is 5.68. The molecule has 1 heterocycles. The third kappa shape index (κ3) is 4.89. The zero-order valence-electron chi connectivity index (χ0n) is 14.1. The number of nitrogens with one attached hydrogen (secondary N) is 2. The maximum Gasteiger partial charge on any atom is 0.274 e. The van der Waals surface area contributed by atoms with Crippen LogP contribution >= 0.6 is 11.6 Å². The molecule has 0 atom stereocenters. The summed E-state index contributed by atoms with van der Waals surface area (Å²) in [5.41, 5.74) is 1.26. The Bertz CT molecular complexity index is 980. The van der Waals surface area contributed by atoms with Crippen LogP contribution in [0.4, 0.5) is 15.8 Å². The van der Waals surface area contributed by atoms with Crippen LogP contribution in [0.5, 0.6) is 0 Å². The normalized spacial score (nSPS) is 10.3. The van der Waals surface area contributed by atoms with Gasteiger partial charge in [-0.05, 0) is 42.0 Å². The molecule has 1 aromatic heterocycles. The van der Waals surface area contributed by atoms with E-state index in [1.54, 1.807) is 42.5 Å². The van der Waals surface area contributed by atoms with Crippen molar-refractivity contribution in [3.05, 3.63) is 89.0 Å². The molecule has 0 aliphatic heterocycles. The first kappa shape index (κ1) is 18.5. The summed E-state index contributed by atoms with van der Waals surface area (Å²) in [6.45, 7) is 0. The minimum absolute atomic E-state index is 0.0177. The first-order valence-corrected chi connectivity index (χ1v) is 8.46. The van der Waals surface area contributed by atoms with Crippen LogP contribution in [-0.2, 0) is 11.2 Å². The van der Waals surface area contributed by atoms with Gasteiger partial charge in [0, 0.05) is 11.2 Å². The van der Waals surface area contributed by atoms with Crippen molar-refractivity contribution in [1.82, 2.24) is 4.98 Å². The van der Waals surface area contributed by atoms with E-state index in [4.69, 9.17) is 11.6 Å². The second kappa shape index (κ2) is 8.42. The highest BCUT2D eigenvalue weighted by Gasteiger charge is 2.14. The van der Waals surface area contributed by atoms with E-state index in [-0.39, 0.29) is 29.4 Å². The van der Waals surface area contributed by atoms with Crippen LogP contribution < -0.4 is 10.6 Å². The van der Waals surface area contributed by atoms with Crippen LogP contribution in [0.25, 0.3) is 0 Å². The van der Waals surface area contributed by atoms with Gasteiger partial charge in [-0.3, -0.25) is 14.6 Å². The van der Waals surface area contributed by atoms with Gasteiger partial charge >= 0.3 is 0 Å². The number of benzene rings is 2. The number of nitrogens with zero attached hydrogens (tertiary/aromatic N) is 1. The summed E-state index contributed by atoms with van der Waals surface area (Å²) < 4.78 is 13.7. The highest BCUT2D eigenvalue weighted by Crippen LogP contribution is 2.24. The number of amides is 2. The molecular formula is C20H15ClFN3O2. The van der Waals surface area contributed by atoms with Crippen molar-refractivity contribution in [2.75, 3.05) is 10.6 Å². The van der Waals surface area contributed by atoms with Crippen molar-refractivity contribution in [3.8, 4) is 0 Å². The van der Waals surface area contributed by atoms with Gasteiger partial charge in [0.1, 0.15) is 11.5 Å². The Hall–Kier alpha value is -3.25. The van der Waals surface area contributed by atoms with Gasteiger partial charge in [-0.25, -0.2) is 4.39 Å². The number of hydrogen-bond donors (Lipinski definition) is 2. The minimum Gasteiger partial charge on any atom is -0.324 e. The van der Waals surface area contributed by atoms with E-state index >= 15 is 0 Å². The molecule has 0 radical (unpaired) electrons. The molecule has 0 bridgehead atoms. The third-order valence-electron chi connectivity index (χ3n) is 3.71. The molecule has 5 nitrogen and oxygen atoms in total. The Kier molecular flexibility index (Phi) is 5.78. The predicted octanol–water partition coefficient (Wildman–Crippen LogP) is 4.31. The van der Waals surface area contributed by atoms with Crippen molar-refractivity contribution >= 4 is 34.8 Å². The van der Waals surface area contributed by atoms with Gasteiger partial charge in [0.15, 0.2) is 0 Å². The molecule has 0 saturated carbocycles. The Morgan fingerprint density at radius 3 is 2.48 bits per heavy atom. The molecule has 0 aliphatic rings. The smallest absolute Gasteiger partial charge is 0.274 e. The van der Waals surface area contributed by atoms with Gasteiger partial charge in [-0.2, -0.15) is 0 Å². The first-order valence-electron chi connectivity index (χ1n) is 8.08. The van der Waals surface area contributed by atoms with Crippen molar-refractivity contribution < 1.29 is 14.0 Å². The van der Waals surface area contributed by atoms with Crippen molar-refractivity contribution in [2.24, 2.45) is 0 Å². The summed E-state index contributed by atoms with van der Waals surface area (Å²) in [6.07, 6.45) is 1.51. The lowest BCUT2D eigenvalue weighted by Crippen LogP contribution is -2.18. The molecule has 0 saturated heterocycles. The molecule has 0 aliphatic carbocycles. The number of halogens is 2. The number of hydrogen-bond acceptors (Lipinski definition) is 3. The fraction of sp³-hybridized carbons (Fsp3) is 0.0500. The zero-order chi connectivity index (χ0) is 19.2. The maximum absolute atomic E-state index is 13.7. The Morgan fingerprint density at radius 2 is 1.74 bits per heavy atom. The lowest BCUT2D eigenvalue weighted by molar-refractivity contribution is -0.115. The second-order valence-corrected chi connectivity index (χ2v) is 6.08. The third-order valence-corrected chi connectivity index (χ3v) is 4.08. The van der Waals surface area contributed by atoms with Gasteiger partial charge < -0.3 is 10.6 Å². The first-order chi connectivity index (χ1) is 13.0. The van der Waals surface area contributed by atoms with Gasteiger partial charge in [0.05, 0.1) is 17.8 Å². The summed E-state index contributed by atoms with van der Waals surface area (Å²) in [5.74, 6) is -1.40. The van der Waals surface area contributed by atoms with Crippen molar-refractivity contribution in [3.63, 3.8) is 0 Å². The van der Waals surface area contributed by atoms with Crippen LogP contribution in [0.15, 0.2) is 66.9 Å². The van der Waals surface area contributed by atoms with Gasteiger partial charge in [-0.15, -0.1) is 0 Å². The van der Waals surface area contributed by atoms with Crippen LogP contribution in [0.3, 0.4) is 0 Å². The highest BCUT2D eigenvalue weighted by molar-refractivity contribution is 6.31. The number of rotatable bonds is 5. The molecular weight excluding hydrogens is 369 g/mol. The Morgan fingerprint density at radius 1 is 0.963 bits per heavy atom. The molecule has 3 rings (SSSR count). The summed E-state index contributed by atoms with van der Waals surface area (Å²) in [7, 11) is 0. The summed E-state index contributed by atoms with van der Waals surface area (Å²) in [5, 5.41) is 5.71. The fourth-order valence-electron chi connectivity index (χ4n) is 2.42. The van der Waals surface area contributed by atoms with E-state index in [0.29, 0.717) is 10.6 Å². The molecule has 27 heavy (non-hydrogen) atoms. The molecule has 136 valence electrons. The van der Waals surface area contributed by atoms with E-state index in [1.807, 2.05) is 0 Å². The molecule has 2 N–H and O–H groups in total. The van der Waals surface area contributed by atoms with Crippen LogP contribution in [0, 0.1) is 5.82 Å². The average molecular weight is 384 g/mol. The van der Waals surface area contributed by atoms with E-state index in [0.717, 1.165) is 6.07 Å². The molecule has 0 fully saturated rings. The summed E-state index contributed by atoms with van der Waals surface area (Å²) in [6, 6.07) is 15.6. The number of aromatic nitrogens is 1. The van der Waals surface area contributed by atoms with Gasteiger partial charge in [0.25, 0.3) is 5.91 Å². The molecule has 2 amide bonds. The van der Waals surface area contributed by atoms with E-state index in [1.165, 1.54) is 18.3 Å². The molecule has 3 aromatic rings. The summed E-state index contributed by atoms with van der Waals surface area (Å²) in [4.78, 5) is 28.6. The molecule has 0 spiro atoms. The fourth-order valence-corrected chi connectivity index (χ4v) is 2.62. The summed E-state index contributed by atoms with van der Waals surface area (Å²) >= 11 is 6.06. The van der Waals surface area contributed by atoms with Gasteiger partial charge in [-0.1, -0.05) is 35.9 Å². The van der Waals surface area contributed by atoms with Crippen molar-refractivity contribution in [2.45, 2.75) is 6.42 Å². The molecule has 7 heteroatoms. The maximum atomic E-state index is 13.7. The largest absolute Gasteiger partial charge is 0.324 e. The number of pyridine rings is 1. The van der Waals surface area contributed by atoms with E-state index in [2.05, 4.69) is 15.6 Å². The molecule has 0 unspecified atom stereocenters. The quantitative estimate of drug-likeness (QED) is 0.689. The topological polar surface area (TPSA) is 71.1 Å². The van der Waals surface area contributed by atoms with Gasteiger partial charge in [0.2, 0.25) is 5.91 Å². The van der Waals surface area contributed by atoms with E-state index < -0.39 is 11.7 Å². The lowest BCUT2D eigenvalue weighted by Gasteiger charge is -2.13. The molecule has 2 aromatic carbocycles. The SMILES string of the molecule is O=C(Cc1ccccc1Cl)Nc1cc(F)ccc1NC(=O)c1ccccn1. The monoisotopic (exact) mass is 383 g/mol. The Balaban J connectivity index is 1.77. The standard InChI is InChI=1S/C20H15ClFN3O2/c21-15-6-2-1-5-13(15)11-19(26)24-18-12-14(22)8-9-16(18)25-20(27)17-7-3-4-10-23-17/h1-10,12H,11H2,(H,24,26)(H,25,27). The number of anilines is 2. The Labute approximate surface area is 160 Å². The lowest BCUT2D eigenvalue weighted by atomic mass is 10.1. The van der Waals surface area contributed by atoms with Crippen molar-refractivity contribution in [1.29, 1.82) is 0 Å². The predicted molar refractivity (Wildman–Crippen MR) is 102 cm³/mol. The number of carbonyl (C=O) groups is 2. The van der Waals surface area contributed by atoms with Crippen LogP contribution in [-0.4, -0.2) is 16.8 Å². The zero-order valence-corrected chi connectivity index (χ0v) is 14.8. The van der Waals surface area contributed by atoms with E-state index in [9.17, 15) is 14.0 Å². The highest BCUT2D eigenvalue weighted by atomic mass is 35.5. The van der Waals surface area contributed by atoms with Crippen LogP contribution in [0.1, 0.15) is 16.1 Å². The number of carbonyl (C=O) groups excluding carboxylic acids is 2. The van der Waals surface area contributed by atoms with Crippen LogP contribution in [0.2, 0.25) is 5.02 Å².